The van der Waals surface area contributed by atoms with Gasteiger partial charge in [0.25, 0.3) is 0 Å². The SMILES string of the molecule is C=C1C=C(C)C=CN1c1cc(C)ccc1C. The third-order valence-corrected chi connectivity index (χ3v) is 2.81. The summed E-state index contributed by atoms with van der Waals surface area (Å²) >= 11 is 0. The van der Waals surface area contributed by atoms with E-state index in [-0.39, 0.29) is 0 Å². The van der Waals surface area contributed by atoms with Crippen LogP contribution in [0.5, 0.6) is 0 Å². The van der Waals surface area contributed by atoms with Crippen LogP contribution in [-0.2, 0) is 0 Å². The smallest absolute Gasteiger partial charge is 0.0487 e. The zero-order valence-electron chi connectivity index (χ0n) is 10.1. The van der Waals surface area contributed by atoms with Gasteiger partial charge in [-0.25, -0.2) is 0 Å². The Hall–Kier alpha value is -1.76. The van der Waals surface area contributed by atoms with E-state index in [2.05, 4.69) is 68.8 Å². The molecule has 16 heavy (non-hydrogen) atoms. The zero-order valence-corrected chi connectivity index (χ0v) is 10.1. The van der Waals surface area contributed by atoms with E-state index in [1.54, 1.807) is 0 Å². The van der Waals surface area contributed by atoms with Crippen molar-refractivity contribution in [2.75, 3.05) is 4.90 Å². The van der Waals surface area contributed by atoms with Crippen molar-refractivity contribution in [2.45, 2.75) is 20.8 Å². The summed E-state index contributed by atoms with van der Waals surface area (Å²) in [6.45, 7) is 10.4. The molecule has 0 saturated carbocycles. The van der Waals surface area contributed by atoms with Gasteiger partial charge < -0.3 is 4.90 Å². The summed E-state index contributed by atoms with van der Waals surface area (Å²) in [5.41, 5.74) is 6.02. The lowest BCUT2D eigenvalue weighted by molar-refractivity contribution is 1.15. The van der Waals surface area contributed by atoms with Gasteiger partial charge in [0.15, 0.2) is 0 Å². The van der Waals surface area contributed by atoms with Gasteiger partial charge >= 0.3 is 0 Å². The largest absolute Gasteiger partial charge is 0.317 e. The van der Waals surface area contributed by atoms with Crippen LogP contribution in [0.4, 0.5) is 5.69 Å². The van der Waals surface area contributed by atoms with E-state index in [1.807, 2.05) is 0 Å². The molecule has 0 spiro atoms. The number of nitrogens with zero attached hydrogens (tertiary/aromatic N) is 1. The minimum absolute atomic E-state index is 1.02. The minimum atomic E-state index is 1.02. The predicted molar refractivity (Wildman–Crippen MR) is 70.4 cm³/mol. The highest BCUT2D eigenvalue weighted by molar-refractivity contribution is 5.64. The maximum atomic E-state index is 4.09. The molecule has 1 aliphatic rings. The predicted octanol–water partition coefficient (Wildman–Crippen LogP) is 4.10. The van der Waals surface area contributed by atoms with Crippen molar-refractivity contribution >= 4 is 5.69 Å². The van der Waals surface area contributed by atoms with Crippen molar-refractivity contribution in [1.82, 2.24) is 0 Å². The van der Waals surface area contributed by atoms with Gasteiger partial charge in [-0.3, -0.25) is 0 Å². The number of anilines is 1. The molecule has 0 unspecified atom stereocenters. The Morgan fingerprint density at radius 2 is 1.88 bits per heavy atom. The van der Waals surface area contributed by atoms with Crippen LogP contribution < -0.4 is 4.90 Å². The van der Waals surface area contributed by atoms with Crippen LogP contribution in [0.15, 0.2) is 54.4 Å². The zero-order chi connectivity index (χ0) is 11.7. The van der Waals surface area contributed by atoms with Crippen molar-refractivity contribution in [3.05, 3.63) is 65.5 Å². The molecule has 1 aromatic carbocycles. The van der Waals surface area contributed by atoms with Gasteiger partial charge in [0.05, 0.1) is 0 Å². The molecule has 2 rings (SSSR count). The molecule has 0 aliphatic carbocycles. The fourth-order valence-corrected chi connectivity index (χ4v) is 1.88. The highest BCUT2D eigenvalue weighted by Gasteiger charge is 2.11. The normalized spacial score (nSPS) is 15.3. The number of hydrogen-bond donors (Lipinski definition) is 0. The number of benzene rings is 1. The quantitative estimate of drug-likeness (QED) is 0.676. The first-order valence-corrected chi connectivity index (χ1v) is 5.50. The van der Waals surface area contributed by atoms with Gasteiger partial charge in [-0.2, -0.15) is 0 Å². The first kappa shape index (κ1) is 10.7. The molecule has 0 saturated heterocycles. The number of rotatable bonds is 1. The van der Waals surface area contributed by atoms with Crippen molar-refractivity contribution in [3.8, 4) is 0 Å². The van der Waals surface area contributed by atoms with Gasteiger partial charge in [-0.15, -0.1) is 0 Å². The Balaban J connectivity index is 2.43. The Morgan fingerprint density at radius 1 is 1.12 bits per heavy atom. The second-order valence-corrected chi connectivity index (χ2v) is 4.36. The van der Waals surface area contributed by atoms with E-state index in [9.17, 15) is 0 Å². The van der Waals surface area contributed by atoms with E-state index < -0.39 is 0 Å². The third-order valence-electron chi connectivity index (χ3n) is 2.81. The van der Waals surface area contributed by atoms with Crippen LogP contribution in [0.25, 0.3) is 0 Å². The topological polar surface area (TPSA) is 3.24 Å². The Morgan fingerprint density at radius 3 is 2.56 bits per heavy atom. The Labute approximate surface area is 97.4 Å². The van der Waals surface area contributed by atoms with Gasteiger partial charge in [0, 0.05) is 17.6 Å². The summed E-state index contributed by atoms with van der Waals surface area (Å²) < 4.78 is 0. The van der Waals surface area contributed by atoms with E-state index in [0.29, 0.717) is 0 Å². The summed E-state index contributed by atoms with van der Waals surface area (Å²) in [4.78, 5) is 2.13. The van der Waals surface area contributed by atoms with Gasteiger partial charge in [-0.1, -0.05) is 18.7 Å². The van der Waals surface area contributed by atoms with E-state index in [0.717, 1.165) is 5.70 Å². The van der Waals surface area contributed by atoms with Crippen molar-refractivity contribution in [1.29, 1.82) is 0 Å². The molecule has 0 atom stereocenters. The lowest BCUT2D eigenvalue weighted by Gasteiger charge is -2.26. The van der Waals surface area contributed by atoms with E-state index >= 15 is 0 Å². The molecule has 0 radical (unpaired) electrons. The summed E-state index contributed by atoms with van der Waals surface area (Å²) in [5, 5.41) is 0. The van der Waals surface area contributed by atoms with Crippen LogP contribution in [-0.4, -0.2) is 0 Å². The molecule has 1 heterocycles. The summed E-state index contributed by atoms with van der Waals surface area (Å²) in [6.07, 6.45) is 6.29. The Bertz CT molecular complexity index is 492. The molecular formula is C15H17N. The van der Waals surface area contributed by atoms with Crippen molar-refractivity contribution < 1.29 is 0 Å². The standard InChI is InChI=1S/C15H17N/c1-11-5-6-13(3)15(10-11)16-8-7-12(2)9-14(16)4/h5-10H,4H2,1-3H3. The molecule has 0 aromatic heterocycles. The summed E-state index contributed by atoms with van der Waals surface area (Å²) in [7, 11) is 0. The lowest BCUT2D eigenvalue weighted by atomic mass is 10.1. The fraction of sp³-hybridized carbons (Fsp3) is 0.200. The first-order chi connectivity index (χ1) is 7.58. The van der Waals surface area contributed by atoms with E-state index in [4.69, 9.17) is 0 Å². The molecule has 1 heteroatoms. The second kappa shape index (κ2) is 4.01. The molecule has 1 aliphatic heterocycles. The van der Waals surface area contributed by atoms with Crippen LogP contribution >= 0.6 is 0 Å². The molecule has 0 bridgehead atoms. The van der Waals surface area contributed by atoms with Crippen molar-refractivity contribution in [3.63, 3.8) is 0 Å². The molecule has 1 nitrogen and oxygen atoms in total. The summed E-state index contributed by atoms with van der Waals surface area (Å²) in [5.74, 6) is 0. The number of aryl methyl sites for hydroxylation is 2. The van der Waals surface area contributed by atoms with E-state index in [1.165, 1.54) is 22.4 Å². The average molecular weight is 211 g/mol. The lowest BCUT2D eigenvalue weighted by Crippen LogP contribution is -2.16. The van der Waals surface area contributed by atoms with Crippen molar-refractivity contribution in [2.24, 2.45) is 0 Å². The highest BCUT2D eigenvalue weighted by Crippen LogP contribution is 2.28. The maximum Gasteiger partial charge on any atom is 0.0487 e. The van der Waals surface area contributed by atoms with Crippen LogP contribution in [0.3, 0.4) is 0 Å². The fourth-order valence-electron chi connectivity index (χ4n) is 1.88. The van der Waals surface area contributed by atoms with Crippen LogP contribution in [0, 0.1) is 13.8 Å². The maximum absolute atomic E-state index is 4.09. The molecule has 0 amide bonds. The van der Waals surface area contributed by atoms with Gasteiger partial charge in [0.2, 0.25) is 0 Å². The molecule has 0 fully saturated rings. The number of allylic oxidation sites excluding steroid dienone is 3. The monoisotopic (exact) mass is 211 g/mol. The Kier molecular flexibility index (Phi) is 2.69. The van der Waals surface area contributed by atoms with Crippen LogP contribution in [0.1, 0.15) is 18.1 Å². The summed E-state index contributed by atoms with van der Waals surface area (Å²) in [6, 6.07) is 6.48. The first-order valence-electron chi connectivity index (χ1n) is 5.50. The van der Waals surface area contributed by atoms with Gasteiger partial charge in [-0.05, 0) is 55.7 Å². The van der Waals surface area contributed by atoms with Crippen LogP contribution in [0.2, 0.25) is 0 Å². The third kappa shape index (κ3) is 1.94. The number of hydrogen-bond acceptors (Lipinski definition) is 1. The molecule has 0 N–H and O–H groups in total. The molecule has 82 valence electrons. The highest BCUT2D eigenvalue weighted by atomic mass is 15.1. The molecular weight excluding hydrogens is 194 g/mol. The molecule has 1 aromatic rings. The minimum Gasteiger partial charge on any atom is -0.317 e. The average Bonchev–Trinajstić information content (AvgIpc) is 2.22. The van der Waals surface area contributed by atoms with Gasteiger partial charge in [0.1, 0.15) is 0 Å². The second-order valence-electron chi connectivity index (χ2n) is 4.36.